The van der Waals surface area contributed by atoms with Crippen molar-refractivity contribution in [2.24, 2.45) is 5.73 Å². The zero-order valence-electron chi connectivity index (χ0n) is 12.9. The van der Waals surface area contributed by atoms with Gasteiger partial charge in [0.2, 0.25) is 10.0 Å². The van der Waals surface area contributed by atoms with E-state index in [1.807, 2.05) is 0 Å². The van der Waals surface area contributed by atoms with Gasteiger partial charge in [0, 0.05) is 49.9 Å². The van der Waals surface area contributed by atoms with E-state index < -0.39 is 10.0 Å². The highest BCUT2D eigenvalue weighted by Gasteiger charge is 2.29. The number of nitrogens with two attached hydrogens (primary N) is 1. The van der Waals surface area contributed by atoms with Crippen molar-refractivity contribution in [2.45, 2.75) is 23.8 Å². The molecule has 7 nitrogen and oxygen atoms in total. The van der Waals surface area contributed by atoms with Gasteiger partial charge in [-0.05, 0) is 18.9 Å². The predicted octanol–water partition coefficient (Wildman–Crippen LogP) is 0.316. The highest BCUT2D eigenvalue weighted by atomic mass is 32.2. The molecule has 2 aliphatic heterocycles. The molecule has 1 amide bonds. The Morgan fingerprint density at radius 1 is 1.30 bits per heavy atom. The molecule has 3 rings (SSSR count). The summed E-state index contributed by atoms with van der Waals surface area (Å²) in [5.41, 5.74) is 6.21. The number of nitrogens with zero attached hydrogens (tertiary/aromatic N) is 2. The molecule has 2 saturated heterocycles. The van der Waals surface area contributed by atoms with Crippen LogP contribution in [0.15, 0.2) is 17.2 Å². The van der Waals surface area contributed by atoms with Gasteiger partial charge >= 0.3 is 0 Å². The molecule has 0 aliphatic carbocycles. The smallest absolute Gasteiger partial charge is 0.270 e. The van der Waals surface area contributed by atoms with E-state index in [9.17, 15) is 13.2 Å². The van der Waals surface area contributed by atoms with Gasteiger partial charge in [0.15, 0.2) is 0 Å². The van der Waals surface area contributed by atoms with Gasteiger partial charge in [0.05, 0.1) is 0 Å². The molecular formula is C14H22N4O3S2. The SMILES string of the molecule is NC1CCCN(C(=O)c2cc(S(=O)(=O)N3CCSCC3)c[nH]2)C1. The molecule has 0 radical (unpaired) electrons. The number of thioether (sulfide) groups is 1. The highest BCUT2D eigenvalue weighted by Crippen LogP contribution is 2.22. The molecule has 2 fully saturated rings. The van der Waals surface area contributed by atoms with Gasteiger partial charge in [-0.15, -0.1) is 0 Å². The molecule has 128 valence electrons. The van der Waals surface area contributed by atoms with Crippen LogP contribution in [0, 0.1) is 0 Å². The van der Waals surface area contributed by atoms with Crippen molar-refractivity contribution in [1.82, 2.24) is 14.2 Å². The van der Waals surface area contributed by atoms with Gasteiger partial charge in [0.25, 0.3) is 5.91 Å². The molecule has 1 atom stereocenters. The number of nitrogens with one attached hydrogen (secondary N) is 1. The minimum atomic E-state index is -3.52. The first-order chi connectivity index (χ1) is 11.0. The number of rotatable bonds is 3. The van der Waals surface area contributed by atoms with Crippen LogP contribution >= 0.6 is 11.8 Å². The monoisotopic (exact) mass is 358 g/mol. The van der Waals surface area contributed by atoms with Crippen LogP contribution in [0.5, 0.6) is 0 Å². The number of likely N-dealkylation sites (tertiary alicyclic amines) is 1. The Morgan fingerprint density at radius 2 is 2.04 bits per heavy atom. The van der Waals surface area contributed by atoms with Crippen molar-refractivity contribution >= 4 is 27.7 Å². The number of carbonyl (C=O) groups excluding carboxylic acids is 1. The summed E-state index contributed by atoms with van der Waals surface area (Å²) >= 11 is 1.75. The number of sulfonamides is 1. The minimum Gasteiger partial charge on any atom is -0.356 e. The largest absolute Gasteiger partial charge is 0.356 e. The van der Waals surface area contributed by atoms with Gasteiger partial charge in [-0.25, -0.2) is 8.42 Å². The third kappa shape index (κ3) is 3.57. The average molecular weight is 358 g/mol. The summed E-state index contributed by atoms with van der Waals surface area (Å²) in [4.78, 5) is 17.2. The Bertz CT molecular complexity index is 667. The van der Waals surface area contributed by atoms with Crippen molar-refractivity contribution in [2.75, 3.05) is 37.7 Å². The fourth-order valence-electron chi connectivity index (χ4n) is 2.95. The molecule has 1 unspecified atom stereocenters. The molecule has 2 aliphatic rings. The van der Waals surface area contributed by atoms with Crippen LogP contribution in [0.25, 0.3) is 0 Å². The Kier molecular flexibility index (Phi) is 5.00. The van der Waals surface area contributed by atoms with Crippen molar-refractivity contribution in [1.29, 1.82) is 0 Å². The van der Waals surface area contributed by atoms with Crippen molar-refractivity contribution in [3.63, 3.8) is 0 Å². The van der Waals surface area contributed by atoms with Crippen LogP contribution in [-0.4, -0.2) is 72.2 Å². The maximum absolute atomic E-state index is 12.6. The van der Waals surface area contributed by atoms with Gasteiger partial charge in [-0.3, -0.25) is 4.79 Å². The number of aromatic nitrogens is 1. The van der Waals surface area contributed by atoms with Gasteiger partial charge in [0.1, 0.15) is 10.6 Å². The molecule has 3 N–H and O–H groups in total. The van der Waals surface area contributed by atoms with Crippen LogP contribution in [0.1, 0.15) is 23.3 Å². The second-order valence-electron chi connectivity index (χ2n) is 5.92. The summed E-state index contributed by atoms with van der Waals surface area (Å²) in [5.74, 6) is 1.43. The minimum absolute atomic E-state index is 0.00304. The lowest BCUT2D eigenvalue weighted by molar-refractivity contribution is 0.0703. The van der Waals surface area contributed by atoms with E-state index >= 15 is 0 Å². The topological polar surface area (TPSA) is 99.5 Å². The number of hydrogen-bond acceptors (Lipinski definition) is 5. The second kappa shape index (κ2) is 6.84. The first-order valence-electron chi connectivity index (χ1n) is 7.79. The number of hydrogen-bond donors (Lipinski definition) is 2. The molecule has 0 spiro atoms. The van der Waals surface area contributed by atoms with Gasteiger partial charge < -0.3 is 15.6 Å². The fraction of sp³-hybridized carbons (Fsp3) is 0.643. The highest BCUT2D eigenvalue weighted by molar-refractivity contribution is 7.99. The van der Waals surface area contributed by atoms with Crippen molar-refractivity contribution in [3.05, 3.63) is 18.0 Å². The van der Waals surface area contributed by atoms with Crippen LogP contribution in [0.4, 0.5) is 0 Å². The Hall–Kier alpha value is -1.03. The normalized spacial score (nSPS) is 23.9. The van der Waals surface area contributed by atoms with E-state index in [0.29, 0.717) is 31.9 Å². The molecule has 1 aromatic rings. The molecule has 1 aromatic heterocycles. The maximum Gasteiger partial charge on any atom is 0.270 e. The van der Waals surface area contributed by atoms with Gasteiger partial charge in [-0.1, -0.05) is 0 Å². The number of piperidine rings is 1. The standard InChI is InChI=1S/C14H22N4O3S2/c15-11-2-1-3-17(10-11)14(19)13-8-12(9-16-13)23(20,21)18-4-6-22-7-5-18/h8-9,11,16H,1-7,10,15H2. The van der Waals surface area contributed by atoms with E-state index in [4.69, 9.17) is 5.73 Å². The van der Waals surface area contributed by atoms with Crippen LogP contribution < -0.4 is 5.73 Å². The second-order valence-corrected chi connectivity index (χ2v) is 9.08. The molecule has 3 heterocycles. The number of amides is 1. The fourth-order valence-corrected chi connectivity index (χ4v) is 5.52. The lowest BCUT2D eigenvalue weighted by atomic mass is 10.1. The summed E-state index contributed by atoms with van der Waals surface area (Å²) in [6.07, 6.45) is 3.21. The number of carbonyl (C=O) groups is 1. The summed E-state index contributed by atoms with van der Waals surface area (Å²) in [6, 6.07) is 1.44. The molecule has 0 aromatic carbocycles. The van der Waals surface area contributed by atoms with E-state index in [2.05, 4.69) is 4.98 Å². The average Bonchev–Trinajstić information content (AvgIpc) is 3.06. The Labute approximate surface area is 140 Å². The lowest BCUT2D eigenvalue weighted by Gasteiger charge is -2.30. The van der Waals surface area contributed by atoms with Crippen molar-refractivity contribution in [3.8, 4) is 0 Å². The van der Waals surface area contributed by atoms with E-state index in [0.717, 1.165) is 24.3 Å². The summed E-state index contributed by atoms with van der Waals surface area (Å²) < 4.78 is 26.7. The first-order valence-corrected chi connectivity index (χ1v) is 10.4. The first kappa shape index (κ1) is 16.8. The zero-order valence-corrected chi connectivity index (χ0v) is 14.5. The molecule has 23 heavy (non-hydrogen) atoms. The van der Waals surface area contributed by atoms with E-state index in [1.165, 1.54) is 16.6 Å². The quantitative estimate of drug-likeness (QED) is 0.810. The zero-order chi connectivity index (χ0) is 16.4. The summed E-state index contributed by atoms with van der Waals surface area (Å²) in [7, 11) is -3.52. The number of H-pyrrole nitrogens is 1. The predicted molar refractivity (Wildman–Crippen MR) is 90.0 cm³/mol. The molecule has 9 heteroatoms. The maximum atomic E-state index is 12.6. The molecule has 0 bridgehead atoms. The third-order valence-electron chi connectivity index (χ3n) is 4.24. The number of aromatic amines is 1. The Morgan fingerprint density at radius 3 is 2.74 bits per heavy atom. The van der Waals surface area contributed by atoms with Crippen LogP contribution in [0.2, 0.25) is 0 Å². The molecule has 0 saturated carbocycles. The third-order valence-corrected chi connectivity index (χ3v) is 7.06. The summed E-state index contributed by atoms with van der Waals surface area (Å²) in [6.45, 7) is 2.21. The van der Waals surface area contributed by atoms with E-state index in [1.54, 1.807) is 16.7 Å². The lowest BCUT2D eigenvalue weighted by Crippen LogP contribution is -2.45. The van der Waals surface area contributed by atoms with Gasteiger partial charge in [-0.2, -0.15) is 16.1 Å². The van der Waals surface area contributed by atoms with E-state index in [-0.39, 0.29) is 16.8 Å². The summed E-state index contributed by atoms with van der Waals surface area (Å²) in [5, 5.41) is 0. The van der Waals surface area contributed by atoms with Crippen molar-refractivity contribution < 1.29 is 13.2 Å². The van der Waals surface area contributed by atoms with Crippen LogP contribution in [-0.2, 0) is 10.0 Å². The Balaban J connectivity index is 1.75. The molecular weight excluding hydrogens is 336 g/mol. The van der Waals surface area contributed by atoms with Crippen LogP contribution in [0.3, 0.4) is 0 Å².